The molecule has 0 radical (unpaired) electrons. The van der Waals surface area contributed by atoms with Crippen LogP contribution in [0.4, 0.5) is 0 Å². The van der Waals surface area contributed by atoms with Crippen LogP contribution in [-0.4, -0.2) is 32.2 Å². The average molecular weight is 291 g/mol. The number of H-pyrrole nitrogens is 1. The number of nitrogens with zero attached hydrogens (tertiary/aromatic N) is 3. The lowest BCUT2D eigenvalue weighted by molar-refractivity contribution is -0.123. The van der Waals surface area contributed by atoms with Gasteiger partial charge in [0.25, 0.3) is 0 Å². The molecule has 2 aromatic rings. The maximum absolute atomic E-state index is 12.1. The lowest BCUT2D eigenvalue weighted by Gasteiger charge is -2.15. The van der Waals surface area contributed by atoms with E-state index in [0.717, 1.165) is 6.42 Å². The van der Waals surface area contributed by atoms with E-state index in [9.17, 15) is 4.79 Å². The molecule has 0 spiro atoms. The van der Waals surface area contributed by atoms with Gasteiger partial charge in [-0.05, 0) is 37.7 Å². The van der Waals surface area contributed by atoms with Gasteiger partial charge in [-0.3, -0.25) is 19.4 Å². The molecule has 7 heteroatoms. The van der Waals surface area contributed by atoms with Crippen molar-refractivity contribution in [1.29, 1.82) is 0 Å². The number of pyridine rings is 1. The summed E-state index contributed by atoms with van der Waals surface area (Å²) in [7, 11) is 0. The summed E-state index contributed by atoms with van der Waals surface area (Å²) < 4.78 is 2.09. The third kappa shape index (κ3) is 2.93. The summed E-state index contributed by atoms with van der Waals surface area (Å²) in [5.41, 5.74) is 0.676. The zero-order chi connectivity index (χ0) is 14.5. The van der Waals surface area contributed by atoms with Crippen molar-refractivity contribution in [1.82, 2.24) is 25.1 Å². The molecule has 0 aliphatic heterocycles. The van der Waals surface area contributed by atoms with Crippen molar-refractivity contribution in [2.24, 2.45) is 0 Å². The van der Waals surface area contributed by atoms with Crippen molar-refractivity contribution < 1.29 is 4.79 Å². The van der Waals surface area contributed by atoms with E-state index in [1.165, 1.54) is 0 Å². The van der Waals surface area contributed by atoms with Gasteiger partial charge in [0.05, 0.1) is 0 Å². The topological polar surface area (TPSA) is 75.6 Å². The minimum atomic E-state index is -0.440. The van der Waals surface area contributed by atoms with Gasteiger partial charge in [-0.1, -0.05) is 13.0 Å². The van der Waals surface area contributed by atoms with E-state index in [1.54, 1.807) is 17.7 Å². The molecule has 1 atom stereocenters. The first kappa shape index (κ1) is 14.4. The fraction of sp³-hybridized carbons (Fsp3) is 0.385. The molecule has 0 aliphatic rings. The molecule has 1 unspecified atom stereocenters. The molecule has 2 heterocycles. The van der Waals surface area contributed by atoms with Gasteiger partial charge < -0.3 is 5.32 Å². The van der Waals surface area contributed by atoms with Crippen LogP contribution in [0.1, 0.15) is 26.3 Å². The molecule has 0 saturated heterocycles. The van der Waals surface area contributed by atoms with Gasteiger partial charge in [0.15, 0.2) is 10.6 Å². The minimum Gasteiger partial charge on any atom is -0.354 e. The number of carbonyl (C=O) groups is 1. The Labute approximate surface area is 122 Å². The Morgan fingerprint density at radius 3 is 3.00 bits per heavy atom. The summed E-state index contributed by atoms with van der Waals surface area (Å²) in [6.45, 7) is 4.45. The molecule has 0 aromatic carbocycles. The quantitative estimate of drug-likeness (QED) is 0.827. The Bertz CT molecular complexity index is 634. The van der Waals surface area contributed by atoms with E-state index in [-0.39, 0.29) is 5.91 Å². The van der Waals surface area contributed by atoms with Crippen LogP contribution in [-0.2, 0) is 4.79 Å². The predicted octanol–water partition coefficient (Wildman–Crippen LogP) is 2.09. The summed E-state index contributed by atoms with van der Waals surface area (Å²) in [5.74, 6) is 0.483. The van der Waals surface area contributed by atoms with Gasteiger partial charge in [-0.25, -0.2) is 0 Å². The van der Waals surface area contributed by atoms with Gasteiger partial charge in [0, 0.05) is 12.7 Å². The van der Waals surface area contributed by atoms with Crippen LogP contribution in [0.3, 0.4) is 0 Å². The summed E-state index contributed by atoms with van der Waals surface area (Å²) in [4.78, 5) is 16.3. The number of aromatic amines is 1. The van der Waals surface area contributed by atoms with Crippen LogP contribution in [0.2, 0.25) is 0 Å². The highest BCUT2D eigenvalue weighted by Gasteiger charge is 2.20. The molecule has 0 aliphatic carbocycles. The molecule has 2 N–H and O–H groups in total. The van der Waals surface area contributed by atoms with Crippen molar-refractivity contribution in [2.75, 3.05) is 6.54 Å². The van der Waals surface area contributed by atoms with Crippen LogP contribution in [0.15, 0.2) is 24.4 Å². The number of aromatic nitrogens is 4. The first-order valence-electron chi connectivity index (χ1n) is 6.51. The van der Waals surface area contributed by atoms with Gasteiger partial charge in [0.2, 0.25) is 5.91 Å². The monoisotopic (exact) mass is 291 g/mol. The van der Waals surface area contributed by atoms with Crippen LogP contribution in [0.5, 0.6) is 0 Å². The standard InChI is InChI=1S/C13H17N5OS/c1-3-7-15-12(19)9(2)18-11(16-17-13(18)20)10-6-4-5-8-14-10/h4-6,8-9H,3,7H2,1-2H3,(H,15,19)(H,17,20). The van der Waals surface area contributed by atoms with E-state index < -0.39 is 6.04 Å². The van der Waals surface area contributed by atoms with Crippen molar-refractivity contribution in [2.45, 2.75) is 26.3 Å². The van der Waals surface area contributed by atoms with Crippen LogP contribution < -0.4 is 5.32 Å². The summed E-state index contributed by atoms with van der Waals surface area (Å²) in [6, 6.07) is 5.08. The maximum Gasteiger partial charge on any atom is 0.242 e. The summed E-state index contributed by atoms with van der Waals surface area (Å²) in [5, 5.41) is 9.75. The predicted molar refractivity (Wildman–Crippen MR) is 78.7 cm³/mol. The first-order chi connectivity index (χ1) is 9.65. The van der Waals surface area contributed by atoms with Crippen LogP contribution in [0.25, 0.3) is 11.5 Å². The second-order valence-electron chi connectivity index (χ2n) is 4.40. The van der Waals surface area contributed by atoms with Crippen LogP contribution in [0, 0.1) is 4.77 Å². The SMILES string of the molecule is CCCNC(=O)C(C)n1c(-c2ccccn2)n[nH]c1=S. The first-order valence-corrected chi connectivity index (χ1v) is 6.92. The lowest BCUT2D eigenvalue weighted by Crippen LogP contribution is -2.31. The van der Waals surface area contributed by atoms with Gasteiger partial charge in [-0.2, -0.15) is 5.10 Å². The number of amides is 1. The van der Waals surface area contributed by atoms with E-state index in [1.807, 2.05) is 25.1 Å². The molecule has 0 bridgehead atoms. The Kier molecular flexibility index (Phi) is 4.62. The van der Waals surface area contributed by atoms with Crippen LogP contribution >= 0.6 is 12.2 Å². The Morgan fingerprint density at radius 1 is 1.55 bits per heavy atom. The second kappa shape index (κ2) is 6.42. The van der Waals surface area contributed by atoms with Crippen molar-refractivity contribution in [3.63, 3.8) is 0 Å². The third-order valence-electron chi connectivity index (χ3n) is 2.91. The highest BCUT2D eigenvalue weighted by molar-refractivity contribution is 7.71. The number of nitrogens with one attached hydrogen (secondary N) is 2. The molecule has 2 rings (SSSR count). The molecular formula is C13H17N5OS. The number of hydrogen-bond acceptors (Lipinski definition) is 4. The van der Waals surface area contributed by atoms with Crippen molar-refractivity contribution >= 4 is 18.1 Å². The summed E-state index contributed by atoms with van der Waals surface area (Å²) >= 11 is 5.22. The third-order valence-corrected chi connectivity index (χ3v) is 3.20. The molecule has 106 valence electrons. The lowest BCUT2D eigenvalue weighted by atomic mass is 10.2. The number of rotatable bonds is 5. The van der Waals surface area contributed by atoms with Gasteiger partial charge >= 0.3 is 0 Å². The van der Waals surface area contributed by atoms with E-state index in [4.69, 9.17) is 12.2 Å². The highest BCUT2D eigenvalue weighted by atomic mass is 32.1. The maximum atomic E-state index is 12.1. The molecule has 2 aromatic heterocycles. The van der Waals surface area contributed by atoms with E-state index in [0.29, 0.717) is 22.8 Å². The fourth-order valence-corrected chi connectivity index (χ4v) is 2.14. The molecule has 0 saturated carbocycles. The van der Waals surface area contributed by atoms with E-state index in [2.05, 4.69) is 20.5 Å². The molecule has 1 amide bonds. The molecule has 0 fully saturated rings. The normalized spacial score (nSPS) is 12.1. The Hall–Kier alpha value is -2.02. The number of carbonyl (C=O) groups excluding carboxylic acids is 1. The molecule has 20 heavy (non-hydrogen) atoms. The number of hydrogen-bond donors (Lipinski definition) is 2. The summed E-state index contributed by atoms with van der Waals surface area (Å²) in [6.07, 6.45) is 2.57. The molecular weight excluding hydrogens is 274 g/mol. The molecule has 6 nitrogen and oxygen atoms in total. The van der Waals surface area contributed by atoms with Gasteiger partial charge in [0.1, 0.15) is 11.7 Å². The zero-order valence-corrected chi connectivity index (χ0v) is 12.3. The minimum absolute atomic E-state index is 0.0819. The largest absolute Gasteiger partial charge is 0.354 e. The smallest absolute Gasteiger partial charge is 0.242 e. The van der Waals surface area contributed by atoms with Gasteiger partial charge in [-0.15, -0.1) is 0 Å². The van der Waals surface area contributed by atoms with E-state index >= 15 is 0 Å². The second-order valence-corrected chi connectivity index (χ2v) is 4.79. The van der Waals surface area contributed by atoms with Crippen molar-refractivity contribution in [3.8, 4) is 11.5 Å². The zero-order valence-electron chi connectivity index (χ0n) is 11.5. The fourth-order valence-electron chi connectivity index (χ4n) is 1.85. The van der Waals surface area contributed by atoms with Crippen molar-refractivity contribution in [3.05, 3.63) is 29.2 Å². The average Bonchev–Trinajstić information content (AvgIpc) is 2.86. The Morgan fingerprint density at radius 2 is 2.35 bits per heavy atom. The highest BCUT2D eigenvalue weighted by Crippen LogP contribution is 2.19. The Balaban J connectivity index is 2.35.